The largest absolute Gasteiger partial charge is 0.389 e. The Morgan fingerprint density at radius 2 is 1.87 bits per heavy atom. The first-order valence-electron chi connectivity index (χ1n) is 6.01. The molecule has 0 fully saturated rings. The van der Waals surface area contributed by atoms with Gasteiger partial charge in [0.25, 0.3) is 0 Å². The van der Waals surface area contributed by atoms with Crippen LogP contribution in [0.15, 0.2) is 0 Å². The maximum atomic E-state index is 9.52. The normalized spacial score (nSPS) is 13.8. The number of hydrogen-bond donors (Lipinski definition) is 2. The van der Waals surface area contributed by atoms with Gasteiger partial charge in [-0.25, -0.2) is 0 Å². The SMILES string of the molecule is CC(C)CCCOCC(O)CNC(C)C. The van der Waals surface area contributed by atoms with Gasteiger partial charge in [-0.15, -0.1) is 0 Å². The monoisotopic (exact) mass is 217 g/mol. The molecule has 0 aliphatic heterocycles. The zero-order chi connectivity index (χ0) is 11.7. The van der Waals surface area contributed by atoms with Crippen LogP contribution in [-0.2, 0) is 4.74 Å². The number of aliphatic hydroxyl groups is 1. The zero-order valence-electron chi connectivity index (χ0n) is 10.6. The average molecular weight is 217 g/mol. The molecular weight excluding hydrogens is 190 g/mol. The minimum atomic E-state index is -0.383. The first kappa shape index (κ1) is 14.9. The zero-order valence-corrected chi connectivity index (χ0v) is 10.6. The van der Waals surface area contributed by atoms with E-state index < -0.39 is 0 Å². The van der Waals surface area contributed by atoms with Crippen LogP contribution < -0.4 is 5.32 Å². The van der Waals surface area contributed by atoms with Crippen LogP contribution in [0.2, 0.25) is 0 Å². The molecule has 0 saturated carbocycles. The van der Waals surface area contributed by atoms with Crippen LogP contribution >= 0.6 is 0 Å². The lowest BCUT2D eigenvalue weighted by molar-refractivity contribution is 0.0339. The molecule has 0 radical (unpaired) electrons. The highest BCUT2D eigenvalue weighted by Gasteiger charge is 2.04. The minimum Gasteiger partial charge on any atom is -0.389 e. The number of ether oxygens (including phenoxy) is 1. The smallest absolute Gasteiger partial charge is 0.0897 e. The van der Waals surface area contributed by atoms with Gasteiger partial charge in [-0.3, -0.25) is 0 Å². The van der Waals surface area contributed by atoms with Gasteiger partial charge < -0.3 is 15.2 Å². The maximum Gasteiger partial charge on any atom is 0.0897 e. The molecule has 0 spiro atoms. The molecule has 0 saturated heterocycles. The van der Waals surface area contributed by atoms with Crippen molar-refractivity contribution in [3.8, 4) is 0 Å². The maximum absolute atomic E-state index is 9.52. The fraction of sp³-hybridized carbons (Fsp3) is 1.00. The Balaban J connectivity index is 3.20. The molecule has 0 aliphatic carbocycles. The molecule has 92 valence electrons. The van der Waals surface area contributed by atoms with E-state index in [2.05, 4.69) is 33.0 Å². The number of rotatable bonds is 9. The van der Waals surface area contributed by atoms with Crippen molar-refractivity contribution in [2.45, 2.75) is 52.7 Å². The number of nitrogens with one attached hydrogen (secondary N) is 1. The van der Waals surface area contributed by atoms with Gasteiger partial charge in [0.2, 0.25) is 0 Å². The van der Waals surface area contributed by atoms with E-state index in [-0.39, 0.29) is 6.10 Å². The second-order valence-corrected chi connectivity index (χ2v) is 4.83. The van der Waals surface area contributed by atoms with Gasteiger partial charge in [0.1, 0.15) is 0 Å². The molecule has 0 rings (SSSR count). The summed E-state index contributed by atoms with van der Waals surface area (Å²) in [6, 6.07) is 0.417. The van der Waals surface area contributed by atoms with Crippen molar-refractivity contribution >= 4 is 0 Å². The summed E-state index contributed by atoms with van der Waals surface area (Å²) in [6.45, 7) is 10.4. The molecule has 1 atom stereocenters. The summed E-state index contributed by atoms with van der Waals surface area (Å²) in [4.78, 5) is 0. The minimum absolute atomic E-state index is 0.383. The Morgan fingerprint density at radius 1 is 1.20 bits per heavy atom. The highest BCUT2D eigenvalue weighted by atomic mass is 16.5. The van der Waals surface area contributed by atoms with Gasteiger partial charge in [0.15, 0.2) is 0 Å². The van der Waals surface area contributed by atoms with Crippen molar-refractivity contribution < 1.29 is 9.84 Å². The molecule has 3 nitrogen and oxygen atoms in total. The van der Waals surface area contributed by atoms with E-state index in [9.17, 15) is 5.11 Å². The third kappa shape index (κ3) is 11.8. The summed E-state index contributed by atoms with van der Waals surface area (Å²) in [5.74, 6) is 0.737. The lowest BCUT2D eigenvalue weighted by Crippen LogP contribution is -2.34. The molecule has 0 bridgehead atoms. The summed E-state index contributed by atoms with van der Waals surface area (Å²) in [5, 5.41) is 12.7. The Bertz CT molecular complexity index is 138. The molecule has 0 heterocycles. The highest BCUT2D eigenvalue weighted by molar-refractivity contribution is 4.60. The fourth-order valence-electron chi connectivity index (χ4n) is 1.24. The van der Waals surface area contributed by atoms with Crippen LogP contribution in [0, 0.1) is 5.92 Å². The van der Waals surface area contributed by atoms with Crippen LogP contribution in [0.4, 0.5) is 0 Å². The molecule has 2 N–H and O–H groups in total. The van der Waals surface area contributed by atoms with E-state index in [0.29, 0.717) is 19.2 Å². The van der Waals surface area contributed by atoms with Crippen LogP contribution in [-0.4, -0.2) is 37.0 Å². The Kier molecular flexibility index (Phi) is 9.06. The lowest BCUT2D eigenvalue weighted by atomic mass is 10.1. The summed E-state index contributed by atoms with van der Waals surface area (Å²) < 4.78 is 5.39. The number of aliphatic hydroxyl groups excluding tert-OH is 1. The van der Waals surface area contributed by atoms with Gasteiger partial charge >= 0.3 is 0 Å². The van der Waals surface area contributed by atoms with E-state index in [1.807, 2.05) is 0 Å². The van der Waals surface area contributed by atoms with E-state index in [1.54, 1.807) is 0 Å². The van der Waals surface area contributed by atoms with Crippen LogP contribution in [0.5, 0.6) is 0 Å². The summed E-state index contributed by atoms with van der Waals surface area (Å²) in [7, 11) is 0. The summed E-state index contributed by atoms with van der Waals surface area (Å²) in [5.41, 5.74) is 0. The first-order chi connectivity index (χ1) is 7.02. The molecule has 0 aromatic heterocycles. The van der Waals surface area contributed by atoms with Crippen molar-refractivity contribution in [1.82, 2.24) is 5.32 Å². The van der Waals surface area contributed by atoms with E-state index in [4.69, 9.17) is 4.74 Å². The summed E-state index contributed by atoms with van der Waals surface area (Å²) >= 11 is 0. The highest BCUT2D eigenvalue weighted by Crippen LogP contribution is 2.03. The van der Waals surface area contributed by atoms with Crippen molar-refractivity contribution in [3.05, 3.63) is 0 Å². The molecule has 0 amide bonds. The molecule has 15 heavy (non-hydrogen) atoms. The fourth-order valence-corrected chi connectivity index (χ4v) is 1.24. The van der Waals surface area contributed by atoms with Gasteiger partial charge in [-0.2, -0.15) is 0 Å². The average Bonchev–Trinajstić information content (AvgIpc) is 2.13. The Hall–Kier alpha value is -0.120. The van der Waals surface area contributed by atoms with Crippen molar-refractivity contribution in [1.29, 1.82) is 0 Å². The number of hydrogen-bond acceptors (Lipinski definition) is 3. The predicted octanol–water partition coefficient (Wildman–Crippen LogP) is 1.80. The van der Waals surface area contributed by atoms with Crippen molar-refractivity contribution in [3.63, 3.8) is 0 Å². The van der Waals surface area contributed by atoms with Crippen LogP contribution in [0.1, 0.15) is 40.5 Å². The first-order valence-corrected chi connectivity index (χ1v) is 6.01. The standard InChI is InChI=1S/C12H27NO2/c1-10(2)6-5-7-15-9-12(14)8-13-11(3)4/h10-14H,5-9H2,1-4H3. The second-order valence-electron chi connectivity index (χ2n) is 4.83. The third-order valence-corrected chi connectivity index (χ3v) is 2.14. The predicted molar refractivity (Wildman–Crippen MR) is 64.0 cm³/mol. The van der Waals surface area contributed by atoms with Gasteiger partial charge in [-0.1, -0.05) is 27.7 Å². The molecule has 0 aromatic carbocycles. The molecule has 0 aromatic rings. The van der Waals surface area contributed by atoms with E-state index in [1.165, 1.54) is 6.42 Å². The van der Waals surface area contributed by atoms with Crippen LogP contribution in [0.25, 0.3) is 0 Å². The molecule has 3 heteroatoms. The Labute approximate surface area is 94.2 Å². The topological polar surface area (TPSA) is 41.5 Å². The van der Waals surface area contributed by atoms with Gasteiger partial charge in [-0.05, 0) is 18.8 Å². The van der Waals surface area contributed by atoms with Crippen molar-refractivity contribution in [2.75, 3.05) is 19.8 Å². The van der Waals surface area contributed by atoms with Crippen molar-refractivity contribution in [2.24, 2.45) is 5.92 Å². The van der Waals surface area contributed by atoms with Gasteiger partial charge in [0, 0.05) is 19.2 Å². The molecule has 1 unspecified atom stereocenters. The lowest BCUT2D eigenvalue weighted by Gasteiger charge is -2.14. The third-order valence-electron chi connectivity index (χ3n) is 2.14. The Morgan fingerprint density at radius 3 is 2.40 bits per heavy atom. The molecular formula is C12H27NO2. The van der Waals surface area contributed by atoms with Gasteiger partial charge in [0.05, 0.1) is 12.7 Å². The quantitative estimate of drug-likeness (QED) is 0.579. The van der Waals surface area contributed by atoms with Crippen LogP contribution in [0.3, 0.4) is 0 Å². The second kappa shape index (κ2) is 9.13. The summed E-state index contributed by atoms with van der Waals surface area (Å²) in [6.07, 6.45) is 1.90. The van der Waals surface area contributed by atoms with E-state index >= 15 is 0 Å². The molecule has 0 aliphatic rings. The van der Waals surface area contributed by atoms with E-state index in [0.717, 1.165) is 18.9 Å².